The fourth-order valence-electron chi connectivity index (χ4n) is 1.49. The van der Waals surface area contributed by atoms with Crippen LogP contribution in [0, 0.1) is 5.92 Å². The van der Waals surface area contributed by atoms with Gasteiger partial charge in [-0.3, -0.25) is 4.79 Å². The van der Waals surface area contributed by atoms with Crippen molar-refractivity contribution in [3.05, 3.63) is 0 Å². The molecule has 0 heterocycles. The van der Waals surface area contributed by atoms with Gasteiger partial charge in [-0.25, -0.2) is 0 Å². The van der Waals surface area contributed by atoms with Crippen molar-refractivity contribution in [2.24, 2.45) is 11.7 Å². The Morgan fingerprint density at radius 2 is 1.60 bits per heavy atom. The molecule has 1 atom stereocenters. The van der Waals surface area contributed by atoms with Crippen molar-refractivity contribution in [1.29, 1.82) is 0 Å². The Morgan fingerprint density at radius 1 is 1.10 bits per heavy atom. The lowest BCUT2D eigenvalue weighted by Gasteiger charge is -2.20. The van der Waals surface area contributed by atoms with Gasteiger partial charge in [0.25, 0.3) is 0 Å². The first-order valence-electron chi connectivity index (χ1n) is 7.31. The zero-order valence-electron chi connectivity index (χ0n) is 13.1. The Labute approximate surface area is 124 Å². The average molecular weight is 292 g/mol. The molecule has 0 aliphatic carbocycles. The zero-order valence-corrected chi connectivity index (χ0v) is 13.1. The molecule has 0 rings (SSSR count). The molecule has 122 valence electrons. The van der Waals surface area contributed by atoms with Gasteiger partial charge in [-0.05, 0) is 6.42 Å². The van der Waals surface area contributed by atoms with Gasteiger partial charge in [0.2, 0.25) is 5.91 Å². The summed E-state index contributed by atoms with van der Waals surface area (Å²) in [6, 6.07) is 0. The van der Waals surface area contributed by atoms with Crippen molar-refractivity contribution < 1.29 is 20.4 Å². The maximum Gasteiger partial charge on any atom is 0.225 e. The number of rotatable bonds is 13. The number of likely N-dealkylation sites (N-methyl/N-ethyl adjacent to an activating group) is 1. The molecular formula is C14H32N2O4. The quantitative estimate of drug-likeness (QED) is 0.507. The van der Waals surface area contributed by atoms with Crippen LogP contribution in [-0.2, 0) is 19.0 Å². The van der Waals surface area contributed by atoms with Gasteiger partial charge in [0.1, 0.15) is 0 Å². The van der Waals surface area contributed by atoms with Gasteiger partial charge in [0.05, 0.1) is 39.6 Å². The number of amides is 1. The fraction of sp³-hybridized carbons (Fsp3) is 0.929. The minimum Gasteiger partial charge on any atom is -0.378 e. The summed E-state index contributed by atoms with van der Waals surface area (Å²) in [5, 5.41) is 0. The molecule has 0 fully saturated rings. The number of ether oxygens (including phenoxy) is 3. The average Bonchev–Trinajstić information content (AvgIpc) is 2.47. The van der Waals surface area contributed by atoms with Crippen LogP contribution in [0.3, 0.4) is 0 Å². The van der Waals surface area contributed by atoms with Crippen LogP contribution in [-0.4, -0.2) is 70.6 Å². The topological polar surface area (TPSA) is 74.0 Å². The lowest BCUT2D eigenvalue weighted by molar-refractivity contribution is -0.134. The smallest absolute Gasteiger partial charge is 0.225 e. The maximum atomic E-state index is 11.8. The van der Waals surface area contributed by atoms with Crippen LogP contribution >= 0.6 is 0 Å². The van der Waals surface area contributed by atoms with Crippen LogP contribution in [0.5, 0.6) is 0 Å². The first-order chi connectivity index (χ1) is 9.63. The molecule has 0 aromatic carbocycles. The van der Waals surface area contributed by atoms with Crippen molar-refractivity contribution in [2.75, 3.05) is 59.8 Å². The van der Waals surface area contributed by atoms with Gasteiger partial charge in [0, 0.05) is 27.5 Å². The van der Waals surface area contributed by atoms with E-state index in [-0.39, 0.29) is 13.3 Å². The molecule has 1 unspecified atom stereocenters. The summed E-state index contributed by atoms with van der Waals surface area (Å²) in [6.45, 7) is 8.38. The summed E-state index contributed by atoms with van der Waals surface area (Å²) in [6.07, 6.45) is 0.865. The van der Waals surface area contributed by atoms with Crippen molar-refractivity contribution in [3.8, 4) is 0 Å². The second kappa shape index (κ2) is 13.3. The number of hydrogen-bond donors (Lipinski definition) is 1. The normalized spacial score (nSPS) is 12.4. The van der Waals surface area contributed by atoms with E-state index in [1.54, 1.807) is 4.90 Å². The molecule has 2 N–H and O–H groups in total. The number of carbonyl (C=O) groups excluding carboxylic acids is 1. The Bertz CT molecular complexity index is 245. The van der Waals surface area contributed by atoms with E-state index in [4.69, 9.17) is 19.9 Å². The van der Waals surface area contributed by atoms with Crippen LogP contribution in [0.15, 0.2) is 0 Å². The van der Waals surface area contributed by atoms with E-state index in [0.29, 0.717) is 52.7 Å². The number of hydrogen-bond acceptors (Lipinski definition) is 5. The lowest BCUT2D eigenvalue weighted by Crippen LogP contribution is -2.34. The van der Waals surface area contributed by atoms with Crippen LogP contribution in [0.4, 0.5) is 0 Å². The van der Waals surface area contributed by atoms with Gasteiger partial charge in [-0.1, -0.05) is 13.8 Å². The molecule has 0 saturated carbocycles. The van der Waals surface area contributed by atoms with Crippen molar-refractivity contribution in [2.45, 2.75) is 20.3 Å². The number of nitrogens with zero attached hydrogens (tertiary/aromatic N) is 1. The van der Waals surface area contributed by atoms with Crippen LogP contribution in [0.25, 0.3) is 0 Å². The van der Waals surface area contributed by atoms with Gasteiger partial charge in [-0.15, -0.1) is 0 Å². The van der Waals surface area contributed by atoms with E-state index in [1.165, 1.54) is 0 Å². The molecule has 20 heavy (non-hydrogen) atoms. The molecule has 0 spiro atoms. The first-order valence-corrected chi connectivity index (χ1v) is 7.31. The van der Waals surface area contributed by atoms with E-state index < -0.39 is 0 Å². The van der Waals surface area contributed by atoms with E-state index in [2.05, 4.69) is 0 Å². The molecule has 1 amide bonds. The highest BCUT2D eigenvalue weighted by Crippen LogP contribution is 2.04. The van der Waals surface area contributed by atoms with E-state index in [0.717, 1.165) is 6.42 Å². The first kappa shape index (κ1) is 19.3. The molecule has 0 bridgehead atoms. The molecule has 6 nitrogen and oxygen atoms in total. The Balaban J connectivity index is 0. The highest BCUT2D eigenvalue weighted by molar-refractivity contribution is 5.78. The zero-order chi connectivity index (χ0) is 15.2. The standard InChI is InChI=1S/C14H30N2O4.H2/c1-4-13(2)14(17)16(3)6-8-19-10-12-20-11-9-18-7-5-15;/h13H,4-12,15H2,1-3H3;1H. The Kier molecular flexibility index (Phi) is 12.8. The van der Waals surface area contributed by atoms with E-state index >= 15 is 0 Å². The van der Waals surface area contributed by atoms with E-state index in [9.17, 15) is 4.79 Å². The fourth-order valence-corrected chi connectivity index (χ4v) is 1.49. The minimum absolute atomic E-state index is 0. The molecule has 0 radical (unpaired) electrons. The second-order valence-corrected chi connectivity index (χ2v) is 4.69. The highest BCUT2D eigenvalue weighted by atomic mass is 16.5. The molecule has 0 saturated heterocycles. The van der Waals surface area contributed by atoms with Crippen molar-refractivity contribution >= 4 is 5.91 Å². The van der Waals surface area contributed by atoms with Gasteiger partial charge in [-0.2, -0.15) is 0 Å². The summed E-state index contributed by atoms with van der Waals surface area (Å²) >= 11 is 0. The van der Waals surface area contributed by atoms with Gasteiger partial charge >= 0.3 is 0 Å². The Hall–Kier alpha value is -0.690. The molecule has 0 aliphatic rings. The van der Waals surface area contributed by atoms with Crippen LogP contribution < -0.4 is 5.73 Å². The van der Waals surface area contributed by atoms with E-state index in [1.807, 2.05) is 20.9 Å². The molecule has 0 aromatic rings. The number of nitrogens with two attached hydrogens (primary N) is 1. The third-order valence-electron chi connectivity index (χ3n) is 2.99. The summed E-state index contributed by atoms with van der Waals surface area (Å²) in [4.78, 5) is 13.5. The largest absolute Gasteiger partial charge is 0.378 e. The highest BCUT2D eigenvalue weighted by Gasteiger charge is 2.14. The minimum atomic E-state index is 0. The summed E-state index contributed by atoms with van der Waals surface area (Å²) < 4.78 is 15.9. The predicted molar refractivity (Wildman–Crippen MR) is 80.7 cm³/mol. The lowest BCUT2D eigenvalue weighted by atomic mass is 10.1. The van der Waals surface area contributed by atoms with Gasteiger partial charge in [0.15, 0.2) is 0 Å². The SMILES string of the molecule is CCC(C)C(=O)N(C)CCOCCOCCOCCN.[HH]. The summed E-state index contributed by atoms with van der Waals surface area (Å²) in [7, 11) is 1.81. The molecular weight excluding hydrogens is 260 g/mol. The molecule has 0 aromatic heterocycles. The van der Waals surface area contributed by atoms with Crippen molar-refractivity contribution in [1.82, 2.24) is 4.90 Å². The maximum absolute atomic E-state index is 11.8. The van der Waals surface area contributed by atoms with Gasteiger partial charge < -0.3 is 24.8 Å². The molecule has 0 aliphatic heterocycles. The summed E-state index contributed by atoms with van der Waals surface area (Å²) in [5.74, 6) is 0.251. The monoisotopic (exact) mass is 292 g/mol. The summed E-state index contributed by atoms with van der Waals surface area (Å²) in [5.41, 5.74) is 5.28. The van der Waals surface area contributed by atoms with Crippen molar-refractivity contribution in [3.63, 3.8) is 0 Å². The Morgan fingerprint density at radius 3 is 2.10 bits per heavy atom. The van der Waals surface area contributed by atoms with Crippen LogP contribution in [0.1, 0.15) is 21.7 Å². The predicted octanol–water partition coefficient (Wildman–Crippen LogP) is 0.745. The molecule has 6 heteroatoms. The van der Waals surface area contributed by atoms with Crippen LogP contribution in [0.2, 0.25) is 0 Å². The second-order valence-electron chi connectivity index (χ2n) is 4.69. The third-order valence-corrected chi connectivity index (χ3v) is 2.99. The number of carbonyl (C=O) groups is 1. The third kappa shape index (κ3) is 10.1.